The third-order valence-corrected chi connectivity index (χ3v) is 4.09. The van der Waals surface area contributed by atoms with Crippen molar-refractivity contribution in [3.63, 3.8) is 0 Å². The van der Waals surface area contributed by atoms with Gasteiger partial charge in [0.15, 0.2) is 0 Å². The van der Waals surface area contributed by atoms with E-state index in [0.29, 0.717) is 41.1 Å². The van der Waals surface area contributed by atoms with Crippen molar-refractivity contribution in [1.82, 2.24) is 5.32 Å². The third kappa shape index (κ3) is 5.97. The van der Waals surface area contributed by atoms with Gasteiger partial charge in [-0.1, -0.05) is 23.2 Å². The van der Waals surface area contributed by atoms with Gasteiger partial charge >= 0.3 is 5.97 Å². The molecule has 1 aromatic carbocycles. The average molecular weight is 400 g/mol. The minimum atomic E-state index is -0.960. The van der Waals surface area contributed by atoms with Gasteiger partial charge in [-0.05, 0) is 36.8 Å². The van der Waals surface area contributed by atoms with Crippen molar-refractivity contribution in [3.05, 3.63) is 52.4 Å². The van der Waals surface area contributed by atoms with Crippen LogP contribution in [-0.4, -0.2) is 32.1 Å². The maximum Gasteiger partial charge on any atom is 0.318 e. The number of esters is 1. The number of carbonyl (C=O) groups is 2. The first-order chi connectivity index (χ1) is 12.5. The van der Waals surface area contributed by atoms with Crippen molar-refractivity contribution in [2.45, 2.75) is 12.8 Å². The molecule has 2 aromatic rings. The molecule has 0 aliphatic rings. The van der Waals surface area contributed by atoms with Crippen LogP contribution in [0.5, 0.6) is 5.75 Å². The molecule has 1 heterocycles. The minimum absolute atomic E-state index is 0.141. The molecule has 0 saturated heterocycles. The molecule has 0 fully saturated rings. The fourth-order valence-electron chi connectivity index (χ4n) is 2.24. The highest BCUT2D eigenvalue weighted by molar-refractivity contribution is 6.35. The maximum atomic E-state index is 12.3. The monoisotopic (exact) mass is 399 g/mol. The number of rotatable bonds is 9. The number of hydrogen-bond acceptors (Lipinski definition) is 5. The van der Waals surface area contributed by atoms with E-state index in [-0.39, 0.29) is 6.42 Å². The zero-order valence-corrected chi connectivity index (χ0v) is 15.7. The Morgan fingerprint density at radius 2 is 2.08 bits per heavy atom. The second-order valence-corrected chi connectivity index (χ2v) is 6.27. The molecule has 0 aliphatic heterocycles. The van der Waals surface area contributed by atoms with Crippen LogP contribution in [0.25, 0.3) is 0 Å². The van der Waals surface area contributed by atoms with Crippen LogP contribution in [0.1, 0.15) is 12.2 Å². The van der Waals surface area contributed by atoms with Crippen molar-refractivity contribution in [3.8, 4) is 5.75 Å². The van der Waals surface area contributed by atoms with Crippen LogP contribution in [-0.2, 0) is 20.7 Å². The van der Waals surface area contributed by atoms with Crippen LogP contribution >= 0.6 is 23.2 Å². The van der Waals surface area contributed by atoms with E-state index >= 15 is 0 Å². The lowest BCUT2D eigenvalue weighted by Crippen LogP contribution is -2.38. The summed E-state index contributed by atoms with van der Waals surface area (Å²) >= 11 is 11.8. The van der Waals surface area contributed by atoms with E-state index in [1.807, 2.05) is 0 Å². The van der Waals surface area contributed by atoms with Gasteiger partial charge in [-0.25, -0.2) is 0 Å². The zero-order chi connectivity index (χ0) is 18.9. The van der Waals surface area contributed by atoms with E-state index in [4.69, 9.17) is 37.1 Å². The summed E-state index contributed by atoms with van der Waals surface area (Å²) in [7, 11) is 1.24. The van der Waals surface area contributed by atoms with Crippen LogP contribution in [0.2, 0.25) is 10.0 Å². The van der Waals surface area contributed by atoms with E-state index in [1.54, 1.807) is 30.3 Å². The standard InChI is InChI=1S/C18H19Cl2NO5/c1-24-18(23)14(11-13-4-2-8-25-13)17(22)21-7-3-9-26-16-6-5-12(19)10-15(16)20/h2,4-6,8,10,14H,3,7,9,11H2,1H3,(H,21,22)/t14-/m1/s1. The molecule has 0 radical (unpaired) electrons. The summed E-state index contributed by atoms with van der Waals surface area (Å²) < 4.78 is 15.4. The fourth-order valence-corrected chi connectivity index (χ4v) is 2.70. The Labute approximate surface area is 161 Å². The lowest BCUT2D eigenvalue weighted by atomic mass is 10.0. The topological polar surface area (TPSA) is 77.8 Å². The van der Waals surface area contributed by atoms with Gasteiger partial charge in [0.1, 0.15) is 17.4 Å². The van der Waals surface area contributed by atoms with Crippen LogP contribution in [0.3, 0.4) is 0 Å². The molecule has 1 amide bonds. The van der Waals surface area contributed by atoms with Crippen molar-refractivity contribution in [2.75, 3.05) is 20.3 Å². The highest BCUT2D eigenvalue weighted by Crippen LogP contribution is 2.27. The Bertz CT molecular complexity index is 733. The summed E-state index contributed by atoms with van der Waals surface area (Å²) in [6.45, 7) is 0.693. The van der Waals surface area contributed by atoms with Gasteiger partial charge in [-0.2, -0.15) is 0 Å². The van der Waals surface area contributed by atoms with E-state index in [2.05, 4.69) is 5.32 Å². The van der Waals surface area contributed by atoms with Gasteiger partial charge in [0.05, 0.1) is 25.0 Å². The van der Waals surface area contributed by atoms with Gasteiger partial charge in [-0.3, -0.25) is 9.59 Å². The van der Waals surface area contributed by atoms with Gasteiger partial charge in [0.25, 0.3) is 0 Å². The number of nitrogens with one attached hydrogen (secondary N) is 1. The summed E-state index contributed by atoms with van der Waals surface area (Å²) in [5.41, 5.74) is 0. The molecule has 6 nitrogen and oxygen atoms in total. The van der Waals surface area contributed by atoms with Gasteiger partial charge in [0, 0.05) is 18.0 Å². The number of methoxy groups -OCH3 is 1. The average Bonchev–Trinajstić information content (AvgIpc) is 3.13. The van der Waals surface area contributed by atoms with Gasteiger partial charge in [0.2, 0.25) is 5.91 Å². The highest BCUT2D eigenvalue weighted by Gasteiger charge is 2.28. The first kappa shape index (κ1) is 20.1. The summed E-state index contributed by atoms with van der Waals surface area (Å²) in [5.74, 6) is -0.928. The minimum Gasteiger partial charge on any atom is -0.492 e. The Kier molecular flexibility index (Phi) is 7.81. The Balaban J connectivity index is 1.77. The molecular formula is C18H19Cl2NO5. The summed E-state index contributed by atoms with van der Waals surface area (Å²) in [4.78, 5) is 24.1. The molecule has 0 bridgehead atoms. The number of ether oxygens (including phenoxy) is 2. The lowest BCUT2D eigenvalue weighted by molar-refractivity contribution is -0.150. The quantitative estimate of drug-likeness (QED) is 0.396. The molecule has 140 valence electrons. The molecule has 0 aliphatic carbocycles. The van der Waals surface area contributed by atoms with Crippen LogP contribution in [0.15, 0.2) is 41.0 Å². The number of halogens is 2. The summed E-state index contributed by atoms with van der Waals surface area (Å²) in [6.07, 6.45) is 2.17. The Morgan fingerprint density at radius 3 is 2.73 bits per heavy atom. The smallest absolute Gasteiger partial charge is 0.318 e. The molecule has 2 rings (SSSR count). The second kappa shape index (κ2) is 10.1. The van der Waals surface area contributed by atoms with Crippen molar-refractivity contribution >= 4 is 35.1 Å². The molecule has 0 saturated carbocycles. The van der Waals surface area contributed by atoms with E-state index in [9.17, 15) is 9.59 Å². The number of benzene rings is 1. The normalized spacial score (nSPS) is 11.7. The second-order valence-electron chi connectivity index (χ2n) is 5.43. The fraction of sp³-hybridized carbons (Fsp3) is 0.333. The van der Waals surface area contributed by atoms with Crippen molar-refractivity contribution in [2.24, 2.45) is 5.92 Å². The first-order valence-corrected chi connectivity index (χ1v) is 8.72. The van der Waals surface area contributed by atoms with Gasteiger partial charge < -0.3 is 19.2 Å². The molecule has 1 N–H and O–H groups in total. The number of furan rings is 1. The van der Waals surface area contributed by atoms with Crippen molar-refractivity contribution < 1.29 is 23.5 Å². The van der Waals surface area contributed by atoms with Crippen LogP contribution < -0.4 is 10.1 Å². The van der Waals surface area contributed by atoms with Crippen LogP contribution in [0.4, 0.5) is 0 Å². The predicted molar refractivity (Wildman–Crippen MR) is 97.5 cm³/mol. The molecular weight excluding hydrogens is 381 g/mol. The largest absolute Gasteiger partial charge is 0.492 e. The molecule has 1 aromatic heterocycles. The Morgan fingerprint density at radius 1 is 1.27 bits per heavy atom. The third-order valence-electron chi connectivity index (χ3n) is 3.56. The van der Waals surface area contributed by atoms with E-state index < -0.39 is 17.8 Å². The lowest BCUT2D eigenvalue weighted by Gasteiger charge is -2.14. The number of amides is 1. The zero-order valence-electron chi connectivity index (χ0n) is 14.2. The number of carbonyl (C=O) groups excluding carboxylic acids is 2. The van der Waals surface area contributed by atoms with Crippen molar-refractivity contribution in [1.29, 1.82) is 0 Å². The van der Waals surface area contributed by atoms with E-state index in [1.165, 1.54) is 13.4 Å². The highest BCUT2D eigenvalue weighted by atomic mass is 35.5. The predicted octanol–water partition coefficient (Wildman–Crippen LogP) is 3.50. The first-order valence-electron chi connectivity index (χ1n) is 7.97. The SMILES string of the molecule is COC(=O)[C@H](Cc1ccco1)C(=O)NCCCOc1ccc(Cl)cc1Cl. The van der Waals surface area contributed by atoms with Crippen LogP contribution in [0, 0.1) is 5.92 Å². The maximum absolute atomic E-state index is 12.3. The summed E-state index contributed by atoms with van der Waals surface area (Å²) in [6, 6.07) is 8.35. The molecule has 0 unspecified atom stereocenters. The van der Waals surface area contributed by atoms with Gasteiger partial charge in [-0.15, -0.1) is 0 Å². The Hall–Kier alpha value is -2.18. The molecule has 0 spiro atoms. The molecule has 26 heavy (non-hydrogen) atoms. The summed E-state index contributed by atoms with van der Waals surface area (Å²) in [5, 5.41) is 3.65. The van der Waals surface area contributed by atoms with E-state index in [0.717, 1.165) is 0 Å². The molecule has 1 atom stereocenters. The number of hydrogen-bond donors (Lipinski definition) is 1. The molecule has 8 heteroatoms.